The summed E-state index contributed by atoms with van der Waals surface area (Å²) in [6, 6.07) is 13.3. The van der Waals surface area contributed by atoms with Gasteiger partial charge in [0.15, 0.2) is 0 Å². The summed E-state index contributed by atoms with van der Waals surface area (Å²) in [5.41, 5.74) is 2.26. The first kappa shape index (κ1) is 19.0. The molecule has 1 aliphatic rings. The molecule has 2 aromatic heterocycles. The van der Waals surface area contributed by atoms with Crippen molar-refractivity contribution < 1.29 is 5.11 Å². The number of nitrogens with one attached hydrogen (secondary N) is 1. The third-order valence-corrected chi connectivity index (χ3v) is 6.25. The van der Waals surface area contributed by atoms with Crippen molar-refractivity contribution in [2.45, 2.75) is 19.3 Å². The number of aromatic hydroxyl groups is 1. The third-order valence-electron chi connectivity index (χ3n) is 5.01. The Morgan fingerprint density at radius 1 is 0.967 bits per heavy atom. The van der Waals surface area contributed by atoms with Gasteiger partial charge in [-0.1, -0.05) is 12.1 Å². The molecule has 1 saturated heterocycles. The van der Waals surface area contributed by atoms with Crippen molar-refractivity contribution in [1.82, 2.24) is 19.9 Å². The van der Waals surface area contributed by atoms with Crippen molar-refractivity contribution in [3.05, 3.63) is 47.7 Å². The minimum Gasteiger partial charge on any atom is -0.507 e. The molecule has 9 heteroatoms. The average Bonchev–Trinajstić information content (AvgIpc) is 3.18. The number of thiazole rings is 1. The summed E-state index contributed by atoms with van der Waals surface area (Å²) >= 11 is 7.67. The van der Waals surface area contributed by atoms with Crippen LogP contribution in [0, 0.1) is 0 Å². The molecule has 0 atom stereocenters. The van der Waals surface area contributed by atoms with Gasteiger partial charge in [0.05, 0.1) is 15.8 Å². The highest BCUT2D eigenvalue weighted by molar-refractivity contribution is 7.21. The zero-order valence-electron chi connectivity index (χ0n) is 16.0. The molecular formula is C21H19ClN6OS. The second kappa shape index (κ2) is 8.04. The van der Waals surface area contributed by atoms with Gasteiger partial charge in [-0.2, -0.15) is 15.0 Å². The monoisotopic (exact) mass is 438 g/mol. The molecule has 1 fully saturated rings. The van der Waals surface area contributed by atoms with Gasteiger partial charge in [0.1, 0.15) is 10.8 Å². The largest absolute Gasteiger partial charge is 0.507 e. The summed E-state index contributed by atoms with van der Waals surface area (Å²) < 4.78 is 1.08. The van der Waals surface area contributed by atoms with Gasteiger partial charge in [-0.3, -0.25) is 0 Å². The molecule has 152 valence electrons. The van der Waals surface area contributed by atoms with Crippen LogP contribution in [-0.4, -0.2) is 38.1 Å². The number of piperidine rings is 1. The van der Waals surface area contributed by atoms with Crippen molar-refractivity contribution in [2.24, 2.45) is 0 Å². The minimum atomic E-state index is 0.135. The quantitative estimate of drug-likeness (QED) is 0.450. The summed E-state index contributed by atoms with van der Waals surface area (Å²) in [6.45, 7) is 1.83. The van der Waals surface area contributed by atoms with Crippen LogP contribution >= 0.6 is 22.9 Å². The van der Waals surface area contributed by atoms with Gasteiger partial charge < -0.3 is 15.3 Å². The Hall–Kier alpha value is -2.97. The Labute approximate surface area is 182 Å². The van der Waals surface area contributed by atoms with E-state index in [2.05, 4.69) is 30.2 Å². The molecular weight excluding hydrogens is 420 g/mol. The van der Waals surface area contributed by atoms with E-state index in [0.717, 1.165) is 41.2 Å². The van der Waals surface area contributed by atoms with E-state index in [4.69, 9.17) is 11.6 Å². The average molecular weight is 439 g/mol. The molecule has 0 spiro atoms. The fraction of sp³-hybridized carbons (Fsp3) is 0.238. The standard InChI is InChI=1S/C21H19ClN6OS/c22-19-25-20(27-21(26-19)28-10-4-1-5-11-28)23-13-8-9-14(16(29)12-13)18-24-15-6-2-3-7-17(15)30-18/h2-3,6-9,12,29H,1,4-5,10-11H2,(H,23,25,26,27). The van der Waals surface area contributed by atoms with Crippen molar-refractivity contribution >= 4 is 50.7 Å². The van der Waals surface area contributed by atoms with Crippen LogP contribution in [0.3, 0.4) is 0 Å². The topological polar surface area (TPSA) is 87.1 Å². The first-order valence-corrected chi connectivity index (χ1v) is 11.0. The van der Waals surface area contributed by atoms with Crippen LogP contribution in [0.2, 0.25) is 5.28 Å². The highest BCUT2D eigenvalue weighted by Crippen LogP contribution is 2.37. The molecule has 3 heterocycles. The summed E-state index contributed by atoms with van der Waals surface area (Å²) in [5, 5.41) is 14.6. The second-order valence-corrected chi connectivity index (χ2v) is 8.49. The maximum Gasteiger partial charge on any atom is 0.233 e. The van der Waals surface area contributed by atoms with E-state index >= 15 is 0 Å². The highest BCUT2D eigenvalue weighted by Gasteiger charge is 2.16. The number of benzene rings is 2. The lowest BCUT2D eigenvalue weighted by Gasteiger charge is -2.26. The van der Waals surface area contributed by atoms with E-state index in [1.54, 1.807) is 17.4 Å². The lowest BCUT2D eigenvalue weighted by Crippen LogP contribution is -2.31. The number of phenolic OH excluding ortho intramolecular Hbond substituents is 1. The first-order chi connectivity index (χ1) is 14.7. The van der Waals surface area contributed by atoms with Crippen LogP contribution in [0.5, 0.6) is 5.75 Å². The van der Waals surface area contributed by atoms with E-state index < -0.39 is 0 Å². The van der Waals surface area contributed by atoms with Crippen molar-refractivity contribution in [3.8, 4) is 16.3 Å². The SMILES string of the molecule is Oc1cc(Nc2nc(Cl)nc(N3CCCCC3)n2)ccc1-c1nc2ccccc2s1. The Morgan fingerprint density at radius 2 is 1.80 bits per heavy atom. The summed E-state index contributed by atoms with van der Waals surface area (Å²) in [6.07, 6.45) is 3.46. The molecule has 0 saturated carbocycles. The Kier molecular flexibility index (Phi) is 5.10. The van der Waals surface area contributed by atoms with Gasteiger partial charge in [-0.05, 0) is 55.1 Å². The number of fused-ring (bicyclic) bond motifs is 1. The molecule has 5 rings (SSSR count). The van der Waals surface area contributed by atoms with Crippen LogP contribution in [0.15, 0.2) is 42.5 Å². The Bertz CT molecular complexity index is 1170. The van der Waals surface area contributed by atoms with Gasteiger partial charge >= 0.3 is 0 Å². The lowest BCUT2D eigenvalue weighted by atomic mass is 10.1. The maximum absolute atomic E-state index is 10.6. The lowest BCUT2D eigenvalue weighted by molar-refractivity contribution is 0.477. The Balaban J connectivity index is 1.40. The Morgan fingerprint density at radius 3 is 2.60 bits per heavy atom. The fourth-order valence-corrected chi connectivity index (χ4v) is 4.69. The first-order valence-electron chi connectivity index (χ1n) is 9.78. The minimum absolute atomic E-state index is 0.135. The molecule has 2 N–H and O–H groups in total. The molecule has 2 aromatic carbocycles. The summed E-state index contributed by atoms with van der Waals surface area (Å²) in [5.74, 6) is 1.06. The van der Waals surface area contributed by atoms with Crippen molar-refractivity contribution in [3.63, 3.8) is 0 Å². The van der Waals surface area contributed by atoms with E-state index in [9.17, 15) is 5.11 Å². The maximum atomic E-state index is 10.6. The van der Waals surface area contributed by atoms with Gasteiger partial charge in [0.25, 0.3) is 0 Å². The fourth-order valence-electron chi connectivity index (χ4n) is 3.54. The van der Waals surface area contributed by atoms with Crippen LogP contribution in [-0.2, 0) is 0 Å². The molecule has 30 heavy (non-hydrogen) atoms. The van der Waals surface area contributed by atoms with Crippen LogP contribution in [0.25, 0.3) is 20.8 Å². The smallest absolute Gasteiger partial charge is 0.233 e. The number of halogens is 1. The molecule has 0 bridgehead atoms. The summed E-state index contributed by atoms with van der Waals surface area (Å²) in [4.78, 5) is 19.7. The highest BCUT2D eigenvalue weighted by atomic mass is 35.5. The number of rotatable bonds is 4. The predicted molar refractivity (Wildman–Crippen MR) is 121 cm³/mol. The molecule has 0 aliphatic carbocycles. The molecule has 1 aliphatic heterocycles. The van der Waals surface area contributed by atoms with E-state index in [-0.39, 0.29) is 11.0 Å². The van der Waals surface area contributed by atoms with Gasteiger partial charge in [-0.25, -0.2) is 4.98 Å². The van der Waals surface area contributed by atoms with Gasteiger partial charge in [-0.15, -0.1) is 11.3 Å². The van der Waals surface area contributed by atoms with Gasteiger partial charge in [0.2, 0.25) is 17.2 Å². The predicted octanol–water partition coefficient (Wildman–Crippen LogP) is 5.24. The number of phenols is 1. The van der Waals surface area contributed by atoms with E-state index in [1.807, 2.05) is 36.4 Å². The normalized spacial score (nSPS) is 14.2. The number of para-hydroxylation sites is 1. The van der Waals surface area contributed by atoms with Crippen molar-refractivity contribution in [2.75, 3.05) is 23.3 Å². The molecule has 4 aromatic rings. The van der Waals surface area contributed by atoms with Crippen LogP contribution < -0.4 is 10.2 Å². The van der Waals surface area contributed by atoms with Crippen LogP contribution in [0.1, 0.15) is 19.3 Å². The number of anilines is 3. The van der Waals surface area contributed by atoms with Crippen LogP contribution in [0.4, 0.5) is 17.6 Å². The number of hydrogen-bond donors (Lipinski definition) is 2. The molecule has 7 nitrogen and oxygen atoms in total. The van der Waals surface area contributed by atoms with E-state index in [0.29, 0.717) is 23.1 Å². The van der Waals surface area contributed by atoms with Gasteiger partial charge in [0, 0.05) is 24.8 Å². The third kappa shape index (κ3) is 3.88. The van der Waals surface area contributed by atoms with E-state index in [1.165, 1.54) is 6.42 Å². The summed E-state index contributed by atoms with van der Waals surface area (Å²) in [7, 11) is 0. The molecule has 0 amide bonds. The molecule has 0 unspecified atom stereocenters. The second-order valence-electron chi connectivity index (χ2n) is 7.12. The molecule has 0 radical (unpaired) electrons. The number of aromatic nitrogens is 4. The zero-order chi connectivity index (χ0) is 20.5. The zero-order valence-corrected chi connectivity index (χ0v) is 17.6. The number of hydrogen-bond acceptors (Lipinski definition) is 8. The number of nitrogens with zero attached hydrogens (tertiary/aromatic N) is 5. The van der Waals surface area contributed by atoms with Crippen molar-refractivity contribution in [1.29, 1.82) is 0 Å².